The molecule has 3 unspecified atom stereocenters. The molecule has 8 heteroatoms. The molecule has 1 aliphatic heterocycles. The van der Waals surface area contributed by atoms with Crippen LogP contribution in [0.15, 0.2) is 9.98 Å². The van der Waals surface area contributed by atoms with Gasteiger partial charge in [-0.3, -0.25) is 4.90 Å². The first kappa shape index (κ1) is 35.8. The number of unbranched alkanes of at least 4 members (excludes halogenated alkanes) is 1. The third-order valence-electron chi connectivity index (χ3n) is 12.2. The Labute approximate surface area is 280 Å². The Hall–Kier alpha value is -1.47. The molecule has 8 nitrogen and oxygen atoms in total. The summed E-state index contributed by atoms with van der Waals surface area (Å²) in [6, 6.07) is 5.31. The molecule has 5 aliphatic rings. The van der Waals surface area contributed by atoms with Crippen LogP contribution >= 0.6 is 0 Å². The largest absolute Gasteiger partial charge is 0.442 e. The maximum absolute atomic E-state index is 12.7. The van der Waals surface area contributed by atoms with Gasteiger partial charge < -0.3 is 20.5 Å². The highest BCUT2D eigenvalue weighted by atomic mass is 16.6. The van der Waals surface area contributed by atoms with E-state index in [-0.39, 0.29) is 18.2 Å². The summed E-state index contributed by atoms with van der Waals surface area (Å²) in [7, 11) is 0. The van der Waals surface area contributed by atoms with Crippen LogP contribution in [0.3, 0.4) is 0 Å². The molecule has 5 rings (SSSR count). The van der Waals surface area contributed by atoms with E-state index in [9.17, 15) is 4.79 Å². The van der Waals surface area contributed by atoms with E-state index in [4.69, 9.17) is 25.2 Å². The Bertz CT molecular complexity index is 940. The standard InChI is InChI=1S/C38H67N5O3/c1-3-4-21-45-26-37(25-43-24-28(43)2)46-38(44)42-36-19-11-32(12-20-36)23-31-9-17-35(18-10-31)41-27-40-34-15-7-30(8-16-34)22-29-5-13-33(39)14-6-29/h28-37H,3-26,39H2,1-2H3,(H,42,44). The number of amides is 1. The van der Waals surface area contributed by atoms with Crippen LogP contribution < -0.4 is 11.1 Å². The van der Waals surface area contributed by atoms with Crippen molar-refractivity contribution in [2.45, 2.75) is 179 Å². The summed E-state index contributed by atoms with van der Waals surface area (Å²) in [5.74, 6) is 3.43. The summed E-state index contributed by atoms with van der Waals surface area (Å²) < 4.78 is 11.6. The molecule has 1 heterocycles. The number of carbonyl (C=O) groups excluding carboxylic acids is 1. The highest BCUT2D eigenvalue weighted by molar-refractivity contribution is 5.67. The zero-order valence-electron chi connectivity index (χ0n) is 29.4. The number of nitrogens with two attached hydrogens (primary N) is 1. The second-order valence-electron chi connectivity index (χ2n) is 16.1. The highest BCUT2D eigenvalue weighted by Crippen LogP contribution is 2.37. The molecule has 0 bridgehead atoms. The van der Waals surface area contributed by atoms with E-state index in [0.717, 1.165) is 69.1 Å². The smallest absolute Gasteiger partial charge is 0.407 e. The molecule has 3 N–H and O–H groups in total. The molecular formula is C38H67N5O3. The number of alkyl carbamates (subject to hydrolysis) is 1. The molecule has 1 amide bonds. The highest BCUT2D eigenvalue weighted by Gasteiger charge is 2.33. The van der Waals surface area contributed by atoms with Crippen LogP contribution in [0.25, 0.3) is 0 Å². The fourth-order valence-corrected chi connectivity index (χ4v) is 8.87. The lowest BCUT2D eigenvalue weighted by molar-refractivity contribution is 0.0108. The van der Waals surface area contributed by atoms with Crippen LogP contribution in [0, 0.1) is 23.7 Å². The lowest BCUT2D eigenvalue weighted by atomic mass is 9.76. The van der Waals surface area contributed by atoms with E-state index in [0.29, 0.717) is 30.8 Å². The molecular weight excluding hydrogens is 574 g/mol. The molecule has 3 atom stereocenters. The Morgan fingerprint density at radius 3 is 1.83 bits per heavy atom. The van der Waals surface area contributed by atoms with Crippen molar-refractivity contribution in [2.24, 2.45) is 39.4 Å². The molecule has 1 saturated heterocycles. The minimum atomic E-state index is -0.266. The van der Waals surface area contributed by atoms with Crippen molar-refractivity contribution in [1.29, 1.82) is 0 Å². The second-order valence-corrected chi connectivity index (χ2v) is 16.1. The van der Waals surface area contributed by atoms with Gasteiger partial charge in [0.1, 0.15) is 6.10 Å². The number of nitrogens with zero attached hydrogens (tertiary/aromatic N) is 3. The van der Waals surface area contributed by atoms with Gasteiger partial charge in [-0.25, -0.2) is 14.8 Å². The average molecular weight is 642 g/mol. The van der Waals surface area contributed by atoms with Gasteiger partial charge in [0.15, 0.2) is 0 Å². The second kappa shape index (κ2) is 18.9. The van der Waals surface area contributed by atoms with Gasteiger partial charge in [-0.2, -0.15) is 0 Å². The fraction of sp³-hybridized carbons (Fsp3) is 0.947. The summed E-state index contributed by atoms with van der Waals surface area (Å²) >= 11 is 0. The molecule has 4 saturated carbocycles. The zero-order chi connectivity index (χ0) is 32.1. The molecule has 5 fully saturated rings. The lowest BCUT2D eigenvalue weighted by Gasteiger charge is -2.33. The summed E-state index contributed by atoms with van der Waals surface area (Å²) in [5.41, 5.74) is 6.10. The maximum atomic E-state index is 12.7. The molecule has 262 valence electrons. The molecule has 0 radical (unpaired) electrons. The van der Waals surface area contributed by atoms with Crippen LogP contribution in [-0.2, 0) is 9.47 Å². The van der Waals surface area contributed by atoms with E-state index in [2.05, 4.69) is 30.1 Å². The first-order valence-electron chi connectivity index (χ1n) is 19.6. The minimum absolute atomic E-state index is 0.194. The molecule has 0 aromatic rings. The van der Waals surface area contributed by atoms with Gasteiger partial charge in [0, 0.05) is 37.8 Å². The average Bonchev–Trinajstić information content (AvgIpc) is 3.76. The number of rotatable bonds is 15. The van der Waals surface area contributed by atoms with Gasteiger partial charge in [-0.15, -0.1) is 0 Å². The van der Waals surface area contributed by atoms with Crippen molar-refractivity contribution in [1.82, 2.24) is 10.2 Å². The number of hydrogen-bond acceptors (Lipinski definition) is 7. The first-order valence-corrected chi connectivity index (χ1v) is 19.6. The van der Waals surface area contributed by atoms with Crippen molar-refractivity contribution < 1.29 is 14.3 Å². The van der Waals surface area contributed by atoms with Gasteiger partial charge in [-0.1, -0.05) is 13.3 Å². The topological polar surface area (TPSA) is 101 Å². The summed E-state index contributed by atoms with van der Waals surface area (Å²) in [6.07, 6.45) is 24.2. The molecule has 4 aliphatic carbocycles. The summed E-state index contributed by atoms with van der Waals surface area (Å²) in [6.45, 7) is 7.45. The summed E-state index contributed by atoms with van der Waals surface area (Å²) in [5, 5.41) is 3.18. The van der Waals surface area contributed by atoms with Crippen molar-refractivity contribution in [3.63, 3.8) is 0 Å². The van der Waals surface area contributed by atoms with Crippen LogP contribution in [0.1, 0.15) is 142 Å². The van der Waals surface area contributed by atoms with E-state index in [1.165, 1.54) is 103 Å². The van der Waals surface area contributed by atoms with Crippen molar-refractivity contribution in [3.8, 4) is 0 Å². The Morgan fingerprint density at radius 1 is 0.826 bits per heavy atom. The third kappa shape index (κ3) is 12.5. The SMILES string of the molecule is CCCCOCC(CN1CC1C)OC(=O)NC1CCC(CC2CCC(N=C=NC3CCC(CC4CCC(N)CC4)CC3)CC2)CC1. The quantitative estimate of drug-likeness (QED) is 0.108. The number of hydrogen-bond donors (Lipinski definition) is 2. The van der Waals surface area contributed by atoms with Gasteiger partial charge in [-0.05, 0) is 153 Å². The maximum Gasteiger partial charge on any atom is 0.407 e. The van der Waals surface area contributed by atoms with E-state index >= 15 is 0 Å². The number of aliphatic imine (C=N–C) groups is 2. The predicted molar refractivity (Wildman–Crippen MR) is 186 cm³/mol. The Morgan fingerprint density at radius 2 is 1.33 bits per heavy atom. The van der Waals surface area contributed by atoms with Crippen molar-refractivity contribution in [2.75, 3.05) is 26.3 Å². The van der Waals surface area contributed by atoms with Crippen LogP contribution in [-0.4, -0.2) is 79.6 Å². The first-order chi connectivity index (χ1) is 22.4. The van der Waals surface area contributed by atoms with Gasteiger partial charge >= 0.3 is 6.09 Å². The van der Waals surface area contributed by atoms with E-state index < -0.39 is 0 Å². The van der Waals surface area contributed by atoms with Gasteiger partial charge in [0.2, 0.25) is 0 Å². The number of carbonyl (C=O) groups is 1. The molecule has 0 spiro atoms. The van der Waals surface area contributed by atoms with Gasteiger partial charge in [0.25, 0.3) is 0 Å². The zero-order valence-corrected chi connectivity index (χ0v) is 29.4. The predicted octanol–water partition coefficient (Wildman–Crippen LogP) is 7.75. The lowest BCUT2D eigenvalue weighted by Crippen LogP contribution is -2.42. The van der Waals surface area contributed by atoms with Crippen LogP contribution in [0.4, 0.5) is 4.79 Å². The Balaban J connectivity index is 0.915. The van der Waals surface area contributed by atoms with Gasteiger partial charge in [0.05, 0.1) is 24.7 Å². The van der Waals surface area contributed by atoms with Crippen LogP contribution in [0.2, 0.25) is 0 Å². The third-order valence-corrected chi connectivity index (χ3v) is 12.2. The molecule has 46 heavy (non-hydrogen) atoms. The van der Waals surface area contributed by atoms with Crippen molar-refractivity contribution >= 4 is 12.1 Å². The monoisotopic (exact) mass is 642 g/mol. The molecule has 0 aromatic carbocycles. The van der Waals surface area contributed by atoms with Crippen LogP contribution in [0.5, 0.6) is 0 Å². The van der Waals surface area contributed by atoms with E-state index in [1.54, 1.807) is 0 Å². The number of nitrogens with one attached hydrogen (secondary N) is 1. The minimum Gasteiger partial charge on any atom is -0.442 e. The normalized spacial score (nSPS) is 37.0. The molecule has 0 aromatic heterocycles. The van der Waals surface area contributed by atoms with E-state index in [1.807, 2.05) is 0 Å². The van der Waals surface area contributed by atoms with Crippen molar-refractivity contribution in [3.05, 3.63) is 0 Å². The number of ether oxygens (including phenoxy) is 2. The Kier molecular flexibility index (Phi) is 14.7. The fourth-order valence-electron chi connectivity index (χ4n) is 8.87. The summed E-state index contributed by atoms with van der Waals surface area (Å²) in [4.78, 5) is 24.7.